The summed E-state index contributed by atoms with van der Waals surface area (Å²) in [6, 6.07) is 3.06. The zero-order valence-electron chi connectivity index (χ0n) is 9.34. The predicted octanol–water partition coefficient (Wildman–Crippen LogP) is 2.36. The molecule has 4 nitrogen and oxygen atoms in total. The normalized spacial score (nSPS) is 11.2. The van der Waals surface area contributed by atoms with Crippen LogP contribution in [0.25, 0.3) is 16.9 Å². The van der Waals surface area contributed by atoms with Crippen molar-refractivity contribution in [2.24, 2.45) is 0 Å². The van der Waals surface area contributed by atoms with Gasteiger partial charge in [-0.05, 0) is 19.1 Å². The zero-order chi connectivity index (χ0) is 11.8. The quantitative estimate of drug-likeness (QED) is 0.677. The number of pyridine rings is 1. The maximum atomic E-state index is 13.0. The SMILES string of the molecule is CCn1cc(-c2cn3cc(F)ccc3n2)cn1. The number of aromatic nitrogens is 4. The van der Waals surface area contributed by atoms with Crippen LogP contribution in [0.15, 0.2) is 36.9 Å². The zero-order valence-corrected chi connectivity index (χ0v) is 9.34. The molecule has 0 aliphatic carbocycles. The summed E-state index contributed by atoms with van der Waals surface area (Å²) < 4.78 is 16.5. The van der Waals surface area contributed by atoms with Gasteiger partial charge in [0.25, 0.3) is 0 Å². The Hall–Kier alpha value is -2.17. The van der Waals surface area contributed by atoms with Gasteiger partial charge in [0.1, 0.15) is 11.5 Å². The molecule has 0 aromatic carbocycles. The third-order valence-electron chi connectivity index (χ3n) is 2.67. The van der Waals surface area contributed by atoms with Gasteiger partial charge in [-0.15, -0.1) is 0 Å². The van der Waals surface area contributed by atoms with Gasteiger partial charge in [-0.3, -0.25) is 4.68 Å². The summed E-state index contributed by atoms with van der Waals surface area (Å²) in [5, 5.41) is 4.19. The molecule has 3 aromatic rings. The van der Waals surface area contributed by atoms with Crippen LogP contribution in [0.5, 0.6) is 0 Å². The lowest BCUT2D eigenvalue weighted by molar-refractivity contribution is 0.619. The number of halogens is 1. The second-order valence-electron chi connectivity index (χ2n) is 3.82. The molecule has 0 radical (unpaired) electrons. The van der Waals surface area contributed by atoms with E-state index in [1.54, 1.807) is 22.9 Å². The topological polar surface area (TPSA) is 35.1 Å². The summed E-state index contributed by atoms with van der Waals surface area (Å²) in [4.78, 5) is 4.41. The number of hydrogen-bond donors (Lipinski definition) is 0. The van der Waals surface area contributed by atoms with Crippen molar-refractivity contribution in [3.8, 4) is 11.3 Å². The fourth-order valence-electron chi connectivity index (χ4n) is 1.77. The third kappa shape index (κ3) is 1.69. The summed E-state index contributed by atoms with van der Waals surface area (Å²) >= 11 is 0. The minimum absolute atomic E-state index is 0.272. The molecule has 0 saturated heterocycles. The van der Waals surface area contributed by atoms with E-state index in [2.05, 4.69) is 10.1 Å². The molecule has 0 N–H and O–H groups in total. The lowest BCUT2D eigenvalue weighted by Crippen LogP contribution is -1.91. The lowest BCUT2D eigenvalue weighted by Gasteiger charge is -1.90. The van der Waals surface area contributed by atoms with Gasteiger partial charge < -0.3 is 4.40 Å². The van der Waals surface area contributed by atoms with Gasteiger partial charge in [0, 0.05) is 30.7 Å². The summed E-state index contributed by atoms with van der Waals surface area (Å²) in [5.74, 6) is -0.272. The van der Waals surface area contributed by atoms with Gasteiger partial charge in [0.05, 0.1) is 11.9 Å². The Balaban J connectivity index is 2.11. The second-order valence-corrected chi connectivity index (χ2v) is 3.82. The lowest BCUT2D eigenvalue weighted by atomic mass is 10.3. The fourth-order valence-corrected chi connectivity index (χ4v) is 1.77. The molecule has 17 heavy (non-hydrogen) atoms. The monoisotopic (exact) mass is 230 g/mol. The minimum atomic E-state index is -0.272. The van der Waals surface area contributed by atoms with E-state index in [1.165, 1.54) is 12.3 Å². The summed E-state index contributed by atoms with van der Waals surface area (Å²) in [7, 11) is 0. The first-order chi connectivity index (χ1) is 8.26. The van der Waals surface area contributed by atoms with Crippen molar-refractivity contribution in [1.29, 1.82) is 0 Å². The Morgan fingerprint density at radius 1 is 1.24 bits per heavy atom. The van der Waals surface area contributed by atoms with Gasteiger partial charge in [-0.1, -0.05) is 0 Å². The van der Waals surface area contributed by atoms with E-state index in [-0.39, 0.29) is 5.82 Å². The summed E-state index contributed by atoms with van der Waals surface area (Å²) in [5.41, 5.74) is 2.47. The first-order valence-electron chi connectivity index (χ1n) is 5.43. The van der Waals surface area contributed by atoms with Crippen LogP contribution in [-0.2, 0) is 6.54 Å². The van der Waals surface area contributed by atoms with Gasteiger partial charge in [-0.2, -0.15) is 5.10 Å². The molecule has 0 bridgehead atoms. The molecule has 0 unspecified atom stereocenters. The fraction of sp³-hybridized carbons (Fsp3) is 0.167. The van der Waals surface area contributed by atoms with Gasteiger partial charge >= 0.3 is 0 Å². The highest BCUT2D eigenvalue weighted by atomic mass is 19.1. The second kappa shape index (κ2) is 3.69. The highest BCUT2D eigenvalue weighted by Crippen LogP contribution is 2.18. The van der Waals surface area contributed by atoms with Crippen LogP contribution < -0.4 is 0 Å². The van der Waals surface area contributed by atoms with Crippen LogP contribution in [0.2, 0.25) is 0 Å². The van der Waals surface area contributed by atoms with Crippen molar-refractivity contribution in [1.82, 2.24) is 19.2 Å². The standard InChI is InChI=1S/C12H11FN4/c1-2-17-6-9(5-14-17)11-8-16-7-10(13)3-4-12(16)15-11/h3-8H,2H2,1H3. The van der Waals surface area contributed by atoms with Gasteiger partial charge in [0.2, 0.25) is 0 Å². The molecule has 0 fully saturated rings. The number of nitrogens with zero attached hydrogens (tertiary/aromatic N) is 4. The highest BCUT2D eigenvalue weighted by Gasteiger charge is 2.06. The predicted molar refractivity (Wildman–Crippen MR) is 62.0 cm³/mol. The molecule has 3 heterocycles. The third-order valence-corrected chi connectivity index (χ3v) is 2.67. The average molecular weight is 230 g/mol. The molecule has 86 valence electrons. The van der Waals surface area contributed by atoms with E-state index < -0.39 is 0 Å². The van der Waals surface area contributed by atoms with E-state index >= 15 is 0 Å². The first-order valence-corrected chi connectivity index (χ1v) is 5.43. The van der Waals surface area contributed by atoms with E-state index in [0.717, 1.165) is 23.4 Å². The largest absolute Gasteiger partial charge is 0.304 e. The molecular formula is C12H11FN4. The van der Waals surface area contributed by atoms with Crippen LogP contribution in [0.4, 0.5) is 4.39 Å². The maximum absolute atomic E-state index is 13.0. The molecule has 3 rings (SSSR count). The molecular weight excluding hydrogens is 219 g/mol. The molecule has 0 saturated carbocycles. The van der Waals surface area contributed by atoms with Crippen molar-refractivity contribution < 1.29 is 4.39 Å². The van der Waals surface area contributed by atoms with Gasteiger partial charge in [0.15, 0.2) is 0 Å². The van der Waals surface area contributed by atoms with Crippen molar-refractivity contribution in [3.63, 3.8) is 0 Å². The Morgan fingerprint density at radius 2 is 2.12 bits per heavy atom. The van der Waals surface area contributed by atoms with Crippen LogP contribution in [-0.4, -0.2) is 19.2 Å². The van der Waals surface area contributed by atoms with E-state index in [4.69, 9.17) is 0 Å². The molecule has 0 spiro atoms. The van der Waals surface area contributed by atoms with Crippen molar-refractivity contribution in [3.05, 3.63) is 42.7 Å². The Bertz CT molecular complexity index is 668. The Morgan fingerprint density at radius 3 is 2.88 bits per heavy atom. The summed E-state index contributed by atoms with van der Waals surface area (Å²) in [6.45, 7) is 2.85. The maximum Gasteiger partial charge on any atom is 0.139 e. The summed E-state index contributed by atoms with van der Waals surface area (Å²) in [6.07, 6.45) is 6.91. The number of hydrogen-bond acceptors (Lipinski definition) is 2. The van der Waals surface area contributed by atoms with Gasteiger partial charge in [-0.25, -0.2) is 9.37 Å². The van der Waals surface area contributed by atoms with Crippen LogP contribution in [0.1, 0.15) is 6.92 Å². The molecule has 3 aromatic heterocycles. The number of fused-ring (bicyclic) bond motifs is 1. The Kier molecular flexibility index (Phi) is 2.18. The molecule has 5 heteroatoms. The van der Waals surface area contributed by atoms with Crippen molar-refractivity contribution in [2.45, 2.75) is 13.5 Å². The van der Waals surface area contributed by atoms with Crippen LogP contribution in [0.3, 0.4) is 0 Å². The smallest absolute Gasteiger partial charge is 0.139 e. The Labute approximate surface area is 97.3 Å². The number of aryl methyl sites for hydroxylation is 1. The highest BCUT2D eigenvalue weighted by molar-refractivity contribution is 5.60. The molecule has 0 aliphatic heterocycles. The first kappa shape index (κ1) is 10.0. The van der Waals surface area contributed by atoms with E-state index in [1.807, 2.05) is 17.8 Å². The van der Waals surface area contributed by atoms with Crippen molar-refractivity contribution in [2.75, 3.05) is 0 Å². The average Bonchev–Trinajstić information content (AvgIpc) is 2.93. The minimum Gasteiger partial charge on any atom is -0.304 e. The van der Waals surface area contributed by atoms with Crippen LogP contribution >= 0.6 is 0 Å². The molecule has 0 aliphatic rings. The van der Waals surface area contributed by atoms with E-state index in [9.17, 15) is 4.39 Å². The van der Waals surface area contributed by atoms with E-state index in [0.29, 0.717) is 0 Å². The number of imidazole rings is 1. The molecule has 0 atom stereocenters. The molecule has 0 amide bonds. The number of rotatable bonds is 2. The van der Waals surface area contributed by atoms with Crippen molar-refractivity contribution >= 4 is 5.65 Å². The van der Waals surface area contributed by atoms with Crippen LogP contribution in [0, 0.1) is 5.82 Å².